The lowest BCUT2D eigenvalue weighted by molar-refractivity contribution is -0.870. The Hall–Kier alpha value is -0.560. The molecule has 0 spiro atoms. The highest BCUT2D eigenvalue weighted by atomic mass is 35.5. The van der Waals surface area contributed by atoms with Gasteiger partial charge >= 0.3 is 11.9 Å². The summed E-state index contributed by atoms with van der Waals surface area (Å²) in [5.41, 5.74) is 0. The molecule has 0 unspecified atom stereocenters. The van der Waals surface area contributed by atoms with Gasteiger partial charge in [0.2, 0.25) is 0 Å². The molecule has 0 bridgehead atoms. The number of likely N-dealkylation sites (N-methyl/N-ethyl adjacent to an activating group) is 2. The zero-order chi connectivity index (χ0) is 18.6. The Labute approximate surface area is 172 Å². The highest BCUT2D eigenvalue weighted by molar-refractivity contribution is 5.69. The summed E-state index contributed by atoms with van der Waals surface area (Å²) in [4.78, 5) is 23.1. The Morgan fingerprint density at radius 3 is 1.19 bits per heavy atom. The fourth-order valence-corrected chi connectivity index (χ4v) is 1.90. The van der Waals surface area contributed by atoms with Gasteiger partial charge < -0.3 is 43.3 Å². The van der Waals surface area contributed by atoms with Gasteiger partial charge in [0.25, 0.3) is 0 Å². The molecule has 0 aromatic heterocycles. The van der Waals surface area contributed by atoms with Crippen molar-refractivity contribution in [2.45, 2.75) is 38.5 Å². The number of ether oxygens (including phenoxy) is 2. The maximum Gasteiger partial charge on any atom is 0.305 e. The van der Waals surface area contributed by atoms with Gasteiger partial charge in [-0.05, 0) is 12.8 Å². The quantitative estimate of drug-likeness (QED) is 0.173. The van der Waals surface area contributed by atoms with Crippen LogP contribution in [0.5, 0.6) is 0 Å². The molecule has 0 N–H and O–H groups in total. The summed E-state index contributed by atoms with van der Waals surface area (Å²) in [6.07, 6.45) is 4.45. The average molecular weight is 417 g/mol. The van der Waals surface area contributed by atoms with Gasteiger partial charge in [0.1, 0.15) is 26.3 Å². The minimum Gasteiger partial charge on any atom is -1.00 e. The molecule has 0 heterocycles. The van der Waals surface area contributed by atoms with E-state index in [9.17, 15) is 9.59 Å². The summed E-state index contributed by atoms with van der Waals surface area (Å²) < 4.78 is 12.0. The monoisotopic (exact) mass is 416 g/mol. The molecule has 8 heteroatoms. The molecule has 0 atom stereocenters. The Morgan fingerprint density at radius 1 is 0.615 bits per heavy atom. The first-order valence-corrected chi connectivity index (χ1v) is 8.92. The summed E-state index contributed by atoms with van der Waals surface area (Å²) in [6, 6.07) is 0. The van der Waals surface area contributed by atoms with Crippen molar-refractivity contribution in [3.8, 4) is 0 Å². The summed E-state index contributed by atoms with van der Waals surface area (Å²) in [6.45, 7) is 2.59. The van der Waals surface area contributed by atoms with Crippen LogP contribution in [0, 0.1) is 0 Å². The molecule has 0 aliphatic heterocycles. The van der Waals surface area contributed by atoms with Crippen LogP contribution in [0.4, 0.5) is 0 Å². The van der Waals surface area contributed by atoms with Crippen molar-refractivity contribution in [2.24, 2.45) is 0 Å². The first kappa shape index (κ1) is 30.2. The highest BCUT2D eigenvalue weighted by Crippen LogP contribution is 2.07. The molecule has 6 nitrogen and oxygen atoms in total. The van der Waals surface area contributed by atoms with E-state index in [0.29, 0.717) is 26.1 Å². The van der Waals surface area contributed by atoms with Crippen molar-refractivity contribution >= 4 is 11.9 Å². The summed E-state index contributed by atoms with van der Waals surface area (Å²) in [5, 5.41) is 0. The molecule has 0 aliphatic carbocycles. The van der Waals surface area contributed by atoms with Gasteiger partial charge in [0.05, 0.1) is 42.3 Å². The van der Waals surface area contributed by atoms with Gasteiger partial charge in [-0.3, -0.25) is 9.59 Å². The van der Waals surface area contributed by atoms with Gasteiger partial charge in [0, 0.05) is 12.8 Å². The second-order valence-corrected chi connectivity index (χ2v) is 8.38. The van der Waals surface area contributed by atoms with E-state index in [2.05, 4.69) is 42.3 Å². The summed E-state index contributed by atoms with van der Waals surface area (Å²) in [7, 11) is 12.4. The van der Waals surface area contributed by atoms with Crippen LogP contribution in [0.1, 0.15) is 38.5 Å². The van der Waals surface area contributed by atoms with E-state index in [4.69, 9.17) is 9.47 Å². The second kappa shape index (κ2) is 15.5. The molecule has 0 saturated heterocycles. The number of halogens is 2. The number of esters is 2. The smallest absolute Gasteiger partial charge is 0.305 e. The Balaban J connectivity index is -0.00000264. The van der Waals surface area contributed by atoms with Crippen molar-refractivity contribution in [3.05, 3.63) is 0 Å². The molecule has 158 valence electrons. The predicted octanol–water partition coefficient (Wildman–Crippen LogP) is -4.17. The van der Waals surface area contributed by atoms with E-state index < -0.39 is 0 Å². The molecule has 0 aromatic carbocycles. The molecular weight excluding hydrogens is 379 g/mol. The largest absolute Gasteiger partial charge is 1.00 e. The van der Waals surface area contributed by atoms with Gasteiger partial charge in [-0.2, -0.15) is 0 Å². The molecule has 0 aromatic rings. The maximum absolute atomic E-state index is 11.6. The number of hydrogen-bond acceptors (Lipinski definition) is 4. The Kier molecular flexibility index (Phi) is 18.0. The van der Waals surface area contributed by atoms with Crippen LogP contribution >= 0.6 is 0 Å². The number of hydrogen-bond donors (Lipinski definition) is 0. The fourth-order valence-electron chi connectivity index (χ4n) is 1.90. The first-order valence-electron chi connectivity index (χ1n) is 8.92. The maximum atomic E-state index is 11.6. The van der Waals surface area contributed by atoms with Crippen LogP contribution in [0.3, 0.4) is 0 Å². The van der Waals surface area contributed by atoms with Crippen molar-refractivity contribution in [1.29, 1.82) is 0 Å². The predicted molar refractivity (Wildman–Crippen MR) is 95.4 cm³/mol. The van der Waals surface area contributed by atoms with Crippen molar-refractivity contribution in [3.63, 3.8) is 0 Å². The number of carbonyl (C=O) groups excluding carboxylic acids is 2. The number of rotatable bonds is 13. The topological polar surface area (TPSA) is 52.6 Å². The molecule has 0 rings (SSSR count). The lowest BCUT2D eigenvalue weighted by atomic mass is 10.1. The van der Waals surface area contributed by atoms with Gasteiger partial charge in [-0.25, -0.2) is 0 Å². The van der Waals surface area contributed by atoms with Crippen molar-refractivity contribution in [2.75, 3.05) is 68.6 Å². The van der Waals surface area contributed by atoms with Gasteiger partial charge in [-0.1, -0.05) is 12.8 Å². The van der Waals surface area contributed by atoms with E-state index in [1.807, 2.05) is 0 Å². The molecule has 0 saturated carbocycles. The van der Waals surface area contributed by atoms with Crippen LogP contribution in [-0.2, 0) is 19.1 Å². The number of carbonyl (C=O) groups is 2. The van der Waals surface area contributed by atoms with Crippen LogP contribution in [-0.4, -0.2) is 89.5 Å². The van der Waals surface area contributed by atoms with E-state index in [1.54, 1.807) is 0 Å². The van der Waals surface area contributed by atoms with Crippen molar-refractivity contribution in [1.82, 2.24) is 0 Å². The van der Waals surface area contributed by atoms with Crippen LogP contribution in [0.25, 0.3) is 0 Å². The third-order valence-corrected chi connectivity index (χ3v) is 3.56. The average Bonchev–Trinajstić information content (AvgIpc) is 2.39. The minimum absolute atomic E-state index is 0. The van der Waals surface area contributed by atoms with Gasteiger partial charge in [0.15, 0.2) is 0 Å². The standard InChI is InChI=1S/C18H38N2O4.2ClH/c1-19(2,3)13-15-23-17(21)11-9-7-8-10-12-18(22)24-16-14-20(4,5)6;;/h7-16H2,1-6H3;2*1H/q+2;;/p-2. The highest BCUT2D eigenvalue weighted by Gasteiger charge is 2.10. The van der Waals surface area contributed by atoms with Crippen molar-refractivity contribution < 1.29 is 52.8 Å². The van der Waals surface area contributed by atoms with Gasteiger partial charge in [-0.15, -0.1) is 0 Å². The van der Waals surface area contributed by atoms with Crippen LogP contribution < -0.4 is 24.8 Å². The second-order valence-electron chi connectivity index (χ2n) is 8.38. The molecule has 0 fully saturated rings. The molecule has 0 aliphatic rings. The van der Waals surface area contributed by atoms with E-state index in [1.165, 1.54) is 0 Å². The van der Waals surface area contributed by atoms with E-state index in [-0.39, 0.29) is 36.8 Å². The lowest BCUT2D eigenvalue weighted by Gasteiger charge is -2.23. The van der Waals surface area contributed by atoms with E-state index in [0.717, 1.165) is 47.7 Å². The van der Waals surface area contributed by atoms with Crippen LogP contribution in [0.2, 0.25) is 0 Å². The Morgan fingerprint density at radius 2 is 0.923 bits per heavy atom. The number of quaternary nitrogens is 2. The number of nitrogens with zero attached hydrogens (tertiary/aromatic N) is 2. The normalized spacial score (nSPS) is 11.2. The van der Waals surface area contributed by atoms with E-state index >= 15 is 0 Å². The molecule has 26 heavy (non-hydrogen) atoms. The first-order chi connectivity index (χ1) is 11.0. The zero-order valence-corrected chi connectivity index (χ0v) is 18.9. The number of unbranched alkanes of at least 4 members (excludes halogenated alkanes) is 3. The lowest BCUT2D eigenvalue weighted by Crippen LogP contribution is -3.00. The Bertz CT molecular complexity index is 344. The minimum atomic E-state index is -0.122. The zero-order valence-electron chi connectivity index (χ0n) is 17.4. The third kappa shape index (κ3) is 23.4. The molecular formula is C18H38Cl2N2O4. The molecule has 0 radical (unpaired) electrons. The summed E-state index contributed by atoms with van der Waals surface area (Å²) >= 11 is 0. The van der Waals surface area contributed by atoms with Crippen LogP contribution in [0.15, 0.2) is 0 Å². The SMILES string of the molecule is C[N+](C)(C)CCOC(=O)CCCCCCC(=O)OCC[N+](C)(C)C.[Cl-].[Cl-]. The third-order valence-electron chi connectivity index (χ3n) is 3.56. The summed E-state index contributed by atoms with van der Waals surface area (Å²) in [5.74, 6) is -0.244. The fraction of sp³-hybridized carbons (Fsp3) is 0.889. The molecule has 0 amide bonds.